The summed E-state index contributed by atoms with van der Waals surface area (Å²) < 4.78 is 11.6. The SMILES string of the molecule is CCOc1ccccc1C1C(=C(O)c2ccc3c(c2)CC(C)O3)C(=O)C(=O)N1c1ccccn1. The number of rotatable bonds is 5. The molecule has 0 radical (unpaired) electrons. The number of amides is 1. The van der Waals surface area contributed by atoms with Crippen molar-refractivity contribution in [2.24, 2.45) is 0 Å². The summed E-state index contributed by atoms with van der Waals surface area (Å²) in [6.45, 7) is 4.24. The lowest BCUT2D eigenvalue weighted by Gasteiger charge is -2.26. The van der Waals surface area contributed by atoms with Gasteiger partial charge in [0.25, 0.3) is 5.78 Å². The van der Waals surface area contributed by atoms with Crippen LogP contribution >= 0.6 is 0 Å². The summed E-state index contributed by atoms with van der Waals surface area (Å²) >= 11 is 0. The third-order valence-corrected chi connectivity index (χ3v) is 6.02. The molecule has 3 aromatic rings. The van der Waals surface area contributed by atoms with Crippen molar-refractivity contribution in [3.63, 3.8) is 0 Å². The number of Topliss-reactive ketones (excluding diaryl/α,β-unsaturated/α-hetero) is 1. The Balaban J connectivity index is 1.71. The molecule has 1 N–H and O–H groups in total. The van der Waals surface area contributed by atoms with Gasteiger partial charge in [-0.05, 0) is 55.8 Å². The van der Waals surface area contributed by atoms with E-state index in [2.05, 4.69) is 4.98 Å². The molecule has 0 aliphatic carbocycles. The van der Waals surface area contributed by atoms with Crippen LogP contribution in [0.25, 0.3) is 5.76 Å². The molecule has 1 aromatic heterocycles. The van der Waals surface area contributed by atoms with Crippen LogP contribution in [0.15, 0.2) is 72.4 Å². The number of ether oxygens (including phenoxy) is 2. The zero-order valence-corrected chi connectivity index (χ0v) is 18.9. The molecule has 1 amide bonds. The molecule has 3 heterocycles. The number of benzene rings is 2. The van der Waals surface area contributed by atoms with Crippen molar-refractivity contribution in [2.45, 2.75) is 32.4 Å². The second-order valence-corrected chi connectivity index (χ2v) is 8.28. The van der Waals surface area contributed by atoms with Gasteiger partial charge in [-0.1, -0.05) is 24.3 Å². The quantitative estimate of drug-likeness (QED) is 0.347. The number of aliphatic hydroxyl groups excluding tert-OH is 1. The van der Waals surface area contributed by atoms with Crippen molar-refractivity contribution in [1.82, 2.24) is 4.98 Å². The fraction of sp³-hybridized carbons (Fsp3) is 0.222. The number of anilines is 1. The molecule has 7 nitrogen and oxygen atoms in total. The number of pyridine rings is 1. The Hall–Kier alpha value is -4.13. The largest absolute Gasteiger partial charge is 0.507 e. The minimum Gasteiger partial charge on any atom is -0.507 e. The van der Waals surface area contributed by atoms with E-state index in [1.807, 2.05) is 32.0 Å². The first-order chi connectivity index (χ1) is 16.5. The predicted molar refractivity (Wildman–Crippen MR) is 127 cm³/mol. The van der Waals surface area contributed by atoms with Gasteiger partial charge < -0.3 is 14.6 Å². The molecule has 2 unspecified atom stereocenters. The predicted octanol–water partition coefficient (Wildman–Crippen LogP) is 4.43. The molecule has 1 saturated heterocycles. The maximum atomic E-state index is 13.3. The van der Waals surface area contributed by atoms with Gasteiger partial charge in [0.05, 0.1) is 12.2 Å². The van der Waals surface area contributed by atoms with Crippen LogP contribution < -0.4 is 14.4 Å². The standard InChI is InChI=1S/C27H24N2O5/c1-3-33-21-9-5-4-8-19(21)24-23(26(31)27(32)29(24)22-10-6-7-13-28-22)25(30)17-11-12-20-18(15-17)14-16(2)34-20/h4-13,15-16,24,30H,3,14H2,1-2H3. The summed E-state index contributed by atoms with van der Waals surface area (Å²) in [4.78, 5) is 32.2. The Morgan fingerprint density at radius 3 is 2.71 bits per heavy atom. The maximum absolute atomic E-state index is 13.3. The molecule has 2 aliphatic rings. The summed E-state index contributed by atoms with van der Waals surface area (Å²) in [6, 6.07) is 16.7. The number of carbonyl (C=O) groups is 2. The molecule has 2 aromatic carbocycles. The normalized spacial score (nSPS) is 20.8. The van der Waals surface area contributed by atoms with Crippen molar-refractivity contribution >= 4 is 23.3 Å². The van der Waals surface area contributed by atoms with E-state index in [-0.39, 0.29) is 17.4 Å². The number of carbonyl (C=O) groups excluding carboxylic acids is 2. The number of hydrogen-bond acceptors (Lipinski definition) is 6. The maximum Gasteiger partial charge on any atom is 0.301 e. The van der Waals surface area contributed by atoms with Crippen LogP contribution in [0.5, 0.6) is 11.5 Å². The van der Waals surface area contributed by atoms with Crippen LogP contribution in [-0.4, -0.2) is 34.5 Å². The molecule has 2 atom stereocenters. The molecular formula is C27H24N2O5. The average molecular weight is 456 g/mol. The Kier molecular flexibility index (Phi) is 5.53. The van der Waals surface area contributed by atoms with Gasteiger partial charge in [-0.2, -0.15) is 0 Å². The van der Waals surface area contributed by atoms with E-state index < -0.39 is 17.7 Å². The highest BCUT2D eigenvalue weighted by atomic mass is 16.5. The first-order valence-electron chi connectivity index (χ1n) is 11.2. The summed E-state index contributed by atoms with van der Waals surface area (Å²) in [7, 11) is 0. The summed E-state index contributed by atoms with van der Waals surface area (Å²) in [6.07, 6.45) is 2.30. The Bertz CT molecular complexity index is 1300. The van der Waals surface area contributed by atoms with Crippen LogP contribution in [0.3, 0.4) is 0 Å². The number of fused-ring (bicyclic) bond motifs is 1. The fourth-order valence-corrected chi connectivity index (χ4v) is 4.58. The lowest BCUT2D eigenvalue weighted by Crippen LogP contribution is -2.30. The summed E-state index contributed by atoms with van der Waals surface area (Å²) in [5.74, 6) is -0.165. The van der Waals surface area contributed by atoms with Crippen LogP contribution in [0, 0.1) is 0 Å². The molecule has 172 valence electrons. The van der Waals surface area contributed by atoms with Crippen molar-refractivity contribution in [2.75, 3.05) is 11.5 Å². The Labute approximate surface area is 197 Å². The zero-order chi connectivity index (χ0) is 23.8. The van der Waals surface area contributed by atoms with Crippen LogP contribution in [0.1, 0.15) is 36.6 Å². The van der Waals surface area contributed by atoms with Gasteiger partial charge >= 0.3 is 5.91 Å². The molecule has 34 heavy (non-hydrogen) atoms. The van der Waals surface area contributed by atoms with Gasteiger partial charge in [-0.25, -0.2) is 4.98 Å². The van der Waals surface area contributed by atoms with Crippen molar-refractivity contribution in [3.05, 3.63) is 89.1 Å². The first kappa shape index (κ1) is 21.7. The molecule has 1 fully saturated rings. The number of para-hydroxylation sites is 1. The molecule has 7 heteroatoms. The molecule has 5 rings (SSSR count). The van der Waals surface area contributed by atoms with Crippen molar-refractivity contribution in [1.29, 1.82) is 0 Å². The number of aromatic nitrogens is 1. The highest BCUT2D eigenvalue weighted by Crippen LogP contribution is 2.44. The van der Waals surface area contributed by atoms with E-state index in [1.165, 1.54) is 4.90 Å². The van der Waals surface area contributed by atoms with Crippen LogP contribution in [-0.2, 0) is 16.0 Å². The molecule has 0 saturated carbocycles. The second kappa shape index (κ2) is 8.67. The van der Waals surface area contributed by atoms with Crippen LogP contribution in [0.2, 0.25) is 0 Å². The number of ketones is 1. The van der Waals surface area contributed by atoms with E-state index in [9.17, 15) is 14.7 Å². The topological polar surface area (TPSA) is 89.0 Å². The third kappa shape index (κ3) is 3.59. The highest BCUT2D eigenvalue weighted by Gasteiger charge is 2.48. The van der Waals surface area contributed by atoms with Gasteiger partial charge in [0.1, 0.15) is 35.2 Å². The Morgan fingerprint density at radius 2 is 1.94 bits per heavy atom. The second-order valence-electron chi connectivity index (χ2n) is 8.28. The van der Waals surface area contributed by atoms with Gasteiger partial charge in [-0.15, -0.1) is 0 Å². The first-order valence-corrected chi connectivity index (χ1v) is 11.2. The Morgan fingerprint density at radius 1 is 1.15 bits per heavy atom. The minimum atomic E-state index is -0.902. The average Bonchev–Trinajstić information content (AvgIpc) is 3.35. The summed E-state index contributed by atoms with van der Waals surface area (Å²) in [5, 5.41) is 11.4. The van der Waals surface area contributed by atoms with Gasteiger partial charge in [-0.3, -0.25) is 14.5 Å². The number of aliphatic hydroxyl groups is 1. The van der Waals surface area contributed by atoms with E-state index in [4.69, 9.17) is 9.47 Å². The highest BCUT2D eigenvalue weighted by molar-refractivity contribution is 6.51. The number of hydrogen-bond donors (Lipinski definition) is 1. The smallest absolute Gasteiger partial charge is 0.301 e. The van der Waals surface area contributed by atoms with E-state index in [1.54, 1.807) is 48.7 Å². The zero-order valence-electron chi connectivity index (χ0n) is 18.9. The monoisotopic (exact) mass is 456 g/mol. The lowest BCUT2D eigenvalue weighted by atomic mass is 9.94. The molecule has 2 aliphatic heterocycles. The fourth-order valence-electron chi connectivity index (χ4n) is 4.58. The van der Waals surface area contributed by atoms with Crippen molar-refractivity contribution in [3.8, 4) is 11.5 Å². The van der Waals surface area contributed by atoms with E-state index >= 15 is 0 Å². The van der Waals surface area contributed by atoms with Gasteiger partial charge in [0.2, 0.25) is 0 Å². The summed E-state index contributed by atoms with van der Waals surface area (Å²) in [5.41, 5.74) is 1.99. The lowest BCUT2D eigenvalue weighted by molar-refractivity contribution is -0.132. The molecule has 0 bridgehead atoms. The van der Waals surface area contributed by atoms with Crippen molar-refractivity contribution < 1.29 is 24.2 Å². The van der Waals surface area contributed by atoms with Gasteiger partial charge in [0.15, 0.2) is 0 Å². The van der Waals surface area contributed by atoms with E-state index in [0.29, 0.717) is 35.7 Å². The third-order valence-electron chi connectivity index (χ3n) is 6.02. The van der Waals surface area contributed by atoms with E-state index in [0.717, 1.165) is 11.3 Å². The molecular weight excluding hydrogens is 432 g/mol. The number of nitrogens with zero attached hydrogens (tertiary/aromatic N) is 2. The minimum absolute atomic E-state index is 0.00489. The van der Waals surface area contributed by atoms with Crippen LogP contribution in [0.4, 0.5) is 5.82 Å². The van der Waals surface area contributed by atoms with Gasteiger partial charge in [0, 0.05) is 23.7 Å². The molecule has 0 spiro atoms.